The minimum absolute atomic E-state index is 0.536. The van der Waals surface area contributed by atoms with Crippen LogP contribution in [-0.4, -0.2) is 51.4 Å². The second-order valence-corrected chi connectivity index (χ2v) is 6.39. The molecular formula is C21H28N2O3. The van der Waals surface area contributed by atoms with Gasteiger partial charge in [-0.25, -0.2) is 0 Å². The van der Waals surface area contributed by atoms with E-state index in [-0.39, 0.29) is 0 Å². The SMILES string of the molecule is COc1cc(CNCCN2CCOCC2)ccc1OCc1ccccc1. The van der Waals surface area contributed by atoms with Crippen molar-refractivity contribution in [1.82, 2.24) is 10.2 Å². The molecule has 0 spiro atoms. The Kier molecular flexibility index (Phi) is 7.31. The topological polar surface area (TPSA) is 43.0 Å². The van der Waals surface area contributed by atoms with Gasteiger partial charge in [-0.05, 0) is 23.3 Å². The lowest BCUT2D eigenvalue weighted by Gasteiger charge is -2.26. The number of benzene rings is 2. The van der Waals surface area contributed by atoms with Crippen LogP contribution in [0.25, 0.3) is 0 Å². The van der Waals surface area contributed by atoms with Crippen LogP contribution in [0, 0.1) is 0 Å². The number of methoxy groups -OCH3 is 1. The Hall–Kier alpha value is -2.08. The molecule has 0 aliphatic carbocycles. The predicted molar refractivity (Wildman–Crippen MR) is 103 cm³/mol. The zero-order valence-corrected chi connectivity index (χ0v) is 15.4. The highest BCUT2D eigenvalue weighted by Crippen LogP contribution is 2.28. The van der Waals surface area contributed by atoms with Crippen molar-refractivity contribution in [3.8, 4) is 11.5 Å². The number of ether oxygens (including phenoxy) is 3. The Bertz CT molecular complexity index is 658. The molecule has 1 saturated heterocycles. The average molecular weight is 356 g/mol. The maximum Gasteiger partial charge on any atom is 0.161 e. The summed E-state index contributed by atoms with van der Waals surface area (Å²) in [7, 11) is 1.68. The van der Waals surface area contributed by atoms with E-state index in [0.717, 1.165) is 63.0 Å². The number of hydrogen-bond acceptors (Lipinski definition) is 5. The monoisotopic (exact) mass is 356 g/mol. The molecule has 1 fully saturated rings. The number of hydrogen-bond donors (Lipinski definition) is 1. The fourth-order valence-corrected chi connectivity index (χ4v) is 2.97. The van der Waals surface area contributed by atoms with Gasteiger partial charge in [0.2, 0.25) is 0 Å². The summed E-state index contributed by atoms with van der Waals surface area (Å²) in [5, 5.41) is 3.50. The molecule has 1 aliphatic rings. The largest absolute Gasteiger partial charge is 0.493 e. The molecule has 3 rings (SSSR count). The highest BCUT2D eigenvalue weighted by atomic mass is 16.5. The van der Waals surface area contributed by atoms with Crippen molar-refractivity contribution in [3.05, 3.63) is 59.7 Å². The first kappa shape index (κ1) is 18.7. The molecule has 0 amide bonds. The van der Waals surface area contributed by atoms with Crippen molar-refractivity contribution in [3.63, 3.8) is 0 Å². The van der Waals surface area contributed by atoms with E-state index in [4.69, 9.17) is 14.2 Å². The molecule has 0 unspecified atom stereocenters. The minimum atomic E-state index is 0.536. The molecule has 0 bridgehead atoms. The minimum Gasteiger partial charge on any atom is -0.493 e. The van der Waals surface area contributed by atoms with Gasteiger partial charge in [-0.2, -0.15) is 0 Å². The normalized spacial score (nSPS) is 15.0. The van der Waals surface area contributed by atoms with Crippen LogP contribution in [0.3, 0.4) is 0 Å². The predicted octanol–water partition coefficient (Wildman–Crippen LogP) is 2.70. The van der Waals surface area contributed by atoms with Crippen LogP contribution in [0.5, 0.6) is 11.5 Å². The summed E-state index contributed by atoms with van der Waals surface area (Å²) in [6.07, 6.45) is 0. The van der Waals surface area contributed by atoms with Crippen molar-refractivity contribution in [1.29, 1.82) is 0 Å². The Morgan fingerprint density at radius 3 is 2.58 bits per heavy atom. The third kappa shape index (κ3) is 5.73. The number of nitrogens with one attached hydrogen (secondary N) is 1. The third-order valence-electron chi connectivity index (χ3n) is 4.50. The van der Waals surface area contributed by atoms with Crippen molar-refractivity contribution in [2.75, 3.05) is 46.5 Å². The lowest BCUT2D eigenvalue weighted by Crippen LogP contribution is -2.40. The molecule has 2 aromatic rings. The molecule has 140 valence electrons. The second kappa shape index (κ2) is 10.2. The van der Waals surface area contributed by atoms with Crippen LogP contribution in [0.15, 0.2) is 48.5 Å². The molecule has 0 saturated carbocycles. The Morgan fingerprint density at radius 2 is 1.81 bits per heavy atom. The molecule has 1 N–H and O–H groups in total. The van der Waals surface area contributed by atoms with Crippen LogP contribution >= 0.6 is 0 Å². The van der Waals surface area contributed by atoms with Crippen LogP contribution in [0.2, 0.25) is 0 Å². The maximum atomic E-state index is 5.91. The molecule has 5 heteroatoms. The number of rotatable bonds is 9. The van der Waals surface area contributed by atoms with Gasteiger partial charge >= 0.3 is 0 Å². The van der Waals surface area contributed by atoms with Gasteiger partial charge in [0.25, 0.3) is 0 Å². The fraction of sp³-hybridized carbons (Fsp3) is 0.429. The zero-order chi connectivity index (χ0) is 18.0. The van der Waals surface area contributed by atoms with E-state index in [1.807, 2.05) is 30.3 Å². The summed E-state index contributed by atoms with van der Waals surface area (Å²) in [5.74, 6) is 1.54. The summed E-state index contributed by atoms with van der Waals surface area (Å²) < 4.78 is 16.8. The second-order valence-electron chi connectivity index (χ2n) is 6.39. The Labute approximate surface area is 155 Å². The number of nitrogens with zero attached hydrogens (tertiary/aromatic N) is 1. The summed E-state index contributed by atoms with van der Waals surface area (Å²) in [4.78, 5) is 2.43. The summed E-state index contributed by atoms with van der Waals surface area (Å²) in [5.41, 5.74) is 2.33. The van der Waals surface area contributed by atoms with Gasteiger partial charge in [-0.15, -0.1) is 0 Å². The Balaban J connectivity index is 1.46. The van der Waals surface area contributed by atoms with Gasteiger partial charge in [-0.1, -0.05) is 36.4 Å². The zero-order valence-electron chi connectivity index (χ0n) is 15.4. The first-order valence-electron chi connectivity index (χ1n) is 9.19. The summed E-state index contributed by atoms with van der Waals surface area (Å²) in [6, 6.07) is 16.3. The van der Waals surface area contributed by atoms with E-state index in [9.17, 15) is 0 Å². The molecule has 5 nitrogen and oxygen atoms in total. The van der Waals surface area contributed by atoms with Crippen molar-refractivity contribution in [2.24, 2.45) is 0 Å². The smallest absolute Gasteiger partial charge is 0.161 e. The van der Waals surface area contributed by atoms with Crippen LogP contribution in [-0.2, 0) is 17.9 Å². The molecule has 0 radical (unpaired) electrons. The van der Waals surface area contributed by atoms with E-state index < -0.39 is 0 Å². The van der Waals surface area contributed by atoms with Gasteiger partial charge < -0.3 is 19.5 Å². The molecule has 1 heterocycles. The molecule has 26 heavy (non-hydrogen) atoms. The molecule has 0 aromatic heterocycles. The third-order valence-corrected chi connectivity index (χ3v) is 4.50. The standard InChI is InChI=1S/C21H28N2O3/c1-24-21-15-19(16-22-9-10-23-11-13-25-14-12-23)7-8-20(21)26-17-18-5-3-2-4-6-18/h2-8,15,22H,9-14,16-17H2,1H3. The highest BCUT2D eigenvalue weighted by molar-refractivity contribution is 5.43. The van der Waals surface area contributed by atoms with Gasteiger partial charge in [0, 0.05) is 32.7 Å². The fourth-order valence-electron chi connectivity index (χ4n) is 2.97. The lowest BCUT2D eigenvalue weighted by molar-refractivity contribution is 0.0384. The molecule has 0 atom stereocenters. The van der Waals surface area contributed by atoms with E-state index in [1.165, 1.54) is 5.56 Å². The van der Waals surface area contributed by atoms with E-state index in [1.54, 1.807) is 7.11 Å². The van der Waals surface area contributed by atoms with Gasteiger partial charge in [-0.3, -0.25) is 4.90 Å². The van der Waals surface area contributed by atoms with Crippen LogP contribution < -0.4 is 14.8 Å². The highest BCUT2D eigenvalue weighted by Gasteiger charge is 2.10. The van der Waals surface area contributed by atoms with E-state index in [2.05, 4.69) is 28.4 Å². The quantitative estimate of drug-likeness (QED) is 0.700. The van der Waals surface area contributed by atoms with E-state index in [0.29, 0.717) is 6.61 Å². The summed E-state index contributed by atoms with van der Waals surface area (Å²) in [6.45, 7) is 7.14. The lowest BCUT2D eigenvalue weighted by atomic mass is 10.2. The molecular weight excluding hydrogens is 328 g/mol. The van der Waals surface area contributed by atoms with Gasteiger partial charge in [0.15, 0.2) is 11.5 Å². The summed E-state index contributed by atoms with van der Waals surface area (Å²) >= 11 is 0. The molecule has 2 aromatic carbocycles. The van der Waals surface area contributed by atoms with Gasteiger partial charge in [0.05, 0.1) is 20.3 Å². The Morgan fingerprint density at radius 1 is 1.00 bits per heavy atom. The maximum absolute atomic E-state index is 5.91. The van der Waals surface area contributed by atoms with Crippen molar-refractivity contribution >= 4 is 0 Å². The molecule has 1 aliphatic heterocycles. The van der Waals surface area contributed by atoms with Crippen LogP contribution in [0.1, 0.15) is 11.1 Å². The average Bonchev–Trinajstić information content (AvgIpc) is 2.71. The van der Waals surface area contributed by atoms with Crippen molar-refractivity contribution in [2.45, 2.75) is 13.2 Å². The van der Waals surface area contributed by atoms with E-state index >= 15 is 0 Å². The van der Waals surface area contributed by atoms with Gasteiger partial charge in [0.1, 0.15) is 6.61 Å². The van der Waals surface area contributed by atoms with Crippen LogP contribution in [0.4, 0.5) is 0 Å². The first-order chi connectivity index (χ1) is 12.8. The van der Waals surface area contributed by atoms with Crippen molar-refractivity contribution < 1.29 is 14.2 Å². The first-order valence-corrected chi connectivity index (χ1v) is 9.19. The number of morpholine rings is 1.